The fraction of sp³-hybridized carbons (Fsp3) is 0.227. The number of benzene rings is 1. The van der Waals surface area contributed by atoms with Crippen LogP contribution in [0.1, 0.15) is 30.6 Å². The highest BCUT2D eigenvalue weighted by molar-refractivity contribution is 7.13. The van der Waals surface area contributed by atoms with Crippen molar-refractivity contribution in [2.75, 3.05) is 0 Å². The molecule has 0 radical (unpaired) electrons. The van der Waals surface area contributed by atoms with Crippen LogP contribution >= 0.6 is 11.3 Å². The first-order chi connectivity index (χ1) is 13.7. The molecule has 5 nitrogen and oxygen atoms in total. The smallest absolute Gasteiger partial charge is 0.242 e. The van der Waals surface area contributed by atoms with Crippen LogP contribution in [0.5, 0.6) is 0 Å². The maximum Gasteiger partial charge on any atom is 0.242 e. The fourth-order valence-corrected chi connectivity index (χ4v) is 4.27. The van der Waals surface area contributed by atoms with Crippen molar-refractivity contribution in [3.8, 4) is 10.4 Å². The maximum atomic E-state index is 12.7. The van der Waals surface area contributed by atoms with Gasteiger partial charge < -0.3 is 5.32 Å². The van der Waals surface area contributed by atoms with Crippen LogP contribution < -0.4 is 5.32 Å². The summed E-state index contributed by atoms with van der Waals surface area (Å²) in [4.78, 5) is 18.4. The summed E-state index contributed by atoms with van der Waals surface area (Å²) in [5.41, 5.74) is 3.85. The second kappa shape index (κ2) is 7.94. The third-order valence-corrected chi connectivity index (χ3v) is 5.74. The van der Waals surface area contributed by atoms with Crippen molar-refractivity contribution >= 4 is 28.3 Å². The Bertz CT molecular complexity index is 1090. The molecule has 28 heavy (non-hydrogen) atoms. The summed E-state index contributed by atoms with van der Waals surface area (Å²) in [5, 5.41) is 10.8. The zero-order chi connectivity index (χ0) is 19.5. The van der Waals surface area contributed by atoms with Crippen molar-refractivity contribution in [3.05, 3.63) is 71.4 Å². The molecule has 0 saturated heterocycles. The third kappa shape index (κ3) is 3.55. The van der Waals surface area contributed by atoms with E-state index >= 15 is 0 Å². The molecule has 0 aliphatic heterocycles. The molecule has 3 aromatic heterocycles. The lowest BCUT2D eigenvalue weighted by molar-refractivity contribution is -0.122. The summed E-state index contributed by atoms with van der Waals surface area (Å²) < 4.78 is 1.70. The van der Waals surface area contributed by atoms with Crippen molar-refractivity contribution in [2.24, 2.45) is 0 Å². The van der Waals surface area contributed by atoms with Crippen molar-refractivity contribution < 1.29 is 4.79 Å². The molecule has 6 heteroatoms. The van der Waals surface area contributed by atoms with Gasteiger partial charge in [0.05, 0.1) is 17.1 Å². The first kappa shape index (κ1) is 18.4. The number of rotatable bonds is 6. The average molecular weight is 391 g/mol. The molecule has 1 unspecified atom stereocenters. The molecule has 142 valence electrons. The number of hydrogen-bond donors (Lipinski definition) is 1. The molecule has 1 aromatic carbocycles. The average Bonchev–Trinajstić information content (AvgIpc) is 3.36. The number of aryl methyl sites for hydroxylation is 1. The number of nitrogens with one attached hydrogen (secondary N) is 1. The molecule has 1 amide bonds. The van der Waals surface area contributed by atoms with E-state index in [9.17, 15) is 4.79 Å². The summed E-state index contributed by atoms with van der Waals surface area (Å²) in [7, 11) is 0. The number of nitrogens with zero attached hydrogens (tertiary/aromatic N) is 3. The second-order valence-electron chi connectivity index (χ2n) is 6.72. The Kier molecular flexibility index (Phi) is 5.21. The van der Waals surface area contributed by atoms with Gasteiger partial charge in [-0.3, -0.25) is 4.79 Å². The number of pyridine rings is 1. The molecular weight excluding hydrogens is 368 g/mol. The fourth-order valence-electron chi connectivity index (χ4n) is 3.51. The highest BCUT2D eigenvalue weighted by atomic mass is 32.1. The van der Waals surface area contributed by atoms with Gasteiger partial charge in [0.25, 0.3) is 0 Å². The molecule has 4 rings (SSSR count). The summed E-state index contributed by atoms with van der Waals surface area (Å²) in [5.74, 6) is -0.0663. The van der Waals surface area contributed by atoms with E-state index in [0.29, 0.717) is 0 Å². The number of carbonyl (C=O) groups excluding carboxylic acids is 1. The number of thiophene rings is 1. The van der Waals surface area contributed by atoms with Crippen LogP contribution in [0.2, 0.25) is 0 Å². The summed E-state index contributed by atoms with van der Waals surface area (Å²) >= 11 is 1.69. The number of carbonyl (C=O) groups is 1. The standard InChI is InChI=1S/C22H22N4OS/c1-3-18(16-8-5-4-6-9-16)24-20(27)14-26-22-21(15(2)25-26)17(11-12-23-22)19-10-7-13-28-19/h4-13,18H,3,14H2,1-2H3,(H,24,27). The second-order valence-corrected chi connectivity index (χ2v) is 7.66. The van der Waals surface area contributed by atoms with E-state index in [1.54, 1.807) is 22.2 Å². The van der Waals surface area contributed by atoms with Gasteiger partial charge in [-0.25, -0.2) is 9.67 Å². The van der Waals surface area contributed by atoms with E-state index in [1.165, 1.54) is 4.88 Å². The van der Waals surface area contributed by atoms with E-state index in [4.69, 9.17) is 0 Å². The molecular formula is C22H22N4OS. The Hall–Kier alpha value is -2.99. The quantitative estimate of drug-likeness (QED) is 0.517. The zero-order valence-electron chi connectivity index (χ0n) is 15.9. The van der Waals surface area contributed by atoms with Crippen LogP contribution in [0.15, 0.2) is 60.1 Å². The molecule has 0 aliphatic carbocycles. The Morgan fingerprint density at radius 3 is 2.71 bits per heavy atom. The van der Waals surface area contributed by atoms with Gasteiger partial charge in [-0.2, -0.15) is 5.10 Å². The van der Waals surface area contributed by atoms with Crippen molar-refractivity contribution in [2.45, 2.75) is 32.9 Å². The SMILES string of the molecule is CCC(NC(=O)Cn1nc(C)c2c(-c3cccs3)ccnc21)c1ccccc1. The van der Waals surface area contributed by atoms with E-state index in [1.807, 2.05) is 49.4 Å². The minimum absolute atomic E-state index is 0.00809. The van der Waals surface area contributed by atoms with Crippen LogP contribution in [-0.2, 0) is 11.3 Å². The lowest BCUT2D eigenvalue weighted by Crippen LogP contribution is -2.31. The zero-order valence-corrected chi connectivity index (χ0v) is 16.7. The Morgan fingerprint density at radius 1 is 1.18 bits per heavy atom. The molecule has 0 spiro atoms. The van der Waals surface area contributed by atoms with Crippen LogP contribution in [-0.4, -0.2) is 20.7 Å². The molecule has 1 N–H and O–H groups in total. The van der Waals surface area contributed by atoms with Gasteiger partial charge in [-0.05, 0) is 36.4 Å². The molecule has 3 heterocycles. The monoisotopic (exact) mass is 390 g/mol. The van der Waals surface area contributed by atoms with E-state index in [-0.39, 0.29) is 18.5 Å². The molecule has 0 saturated carbocycles. The summed E-state index contributed by atoms with van der Waals surface area (Å²) in [6.45, 7) is 4.18. The highest BCUT2D eigenvalue weighted by Gasteiger charge is 2.18. The van der Waals surface area contributed by atoms with Crippen molar-refractivity contribution in [3.63, 3.8) is 0 Å². The summed E-state index contributed by atoms with van der Waals surface area (Å²) in [6, 6.07) is 16.2. The molecule has 0 fully saturated rings. The lowest BCUT2D eigenvalue weighted by atomic mass is 10.0. The van der Waals surface area contributed by atoms with Crippen LogP contribution in [0.25, 0.3) is 21.5 Å². The van der Waals surface area contributed by atoms with Gasteiger partial charge in [0.15, 0.2) is 5.65 Å². The number of hydrogen-bond acceptors (Lipinski definition) is 4. The topological polar surface area (TPSA) is 59.8 Å². The van der Waals surface area contributed by atoms with Gasteiger partial charge in [0, 0.05) is 16.6 Å². The van der Waals surface area contributed by atoms with E-state index in [0.717, 1.165) is 34.3 Å². The van der Waals surface area contributed by atoms with Gasteiger partial charge >= 0.3 is 0 Å². The minimum atomic E-state index is -0.0663. The first-order valence-corrected chi connectivity index (χ1v) is 10.3. The largest absolute Gasteiger partial charge is 0.348 e. The number of fused-ring (bicyclic) bond motifs is 1. The highest BCUT2D eigenvalue weighted by Crippen LogP contribution is 2.32. The van der Waals surface area contributed by atoms with E-state index < -0.39 is 0 Å². The molecule has 0 aliphatic rings. The minimum Gasteiger partial charge on any atom is -0.348 e. The van der Waals surface area contributed by atoms with Gasteiger partial charge in [-0.1, -0.05) is 43.3 Å². The van der Waals surface area contributed by atoms with Gasteiger partial charge in [-0.15, -0.1) is 11.3 Å². The van der Waals surface area contributed by atoms with E-state index in [2.05, 4.69) is 33.8 Å². The lowest BCUT2D eigenvalue weighted by Gasteiger charge is -2.17. The predicted octanol–water partition coefficient (Wildman–Crippen LogP) is 4.74. The van der Waals surface area contributed by atoms with Crippen LogP contribution in [0.4, 0.5) is 0 Å². The normalized spacial score (nSPS) is 12.2. The molecule has 4 aromatic rings. The molecule has 1 atom stereocenters. The van der Waals surface area contributed by atoms with Crippen LogP contribution in [0, 0.1) is 6.92 Å². The van der Waals surface area contributed by atoms with Crippen molar-refractivity contribution in [1.82, 2.24) is 20.1 Å². The third-order valence-electron chi connectivity index (χ3n) is 4.83. The van der Waals surface area contributed by atoms with Crippen LogP contribution in [0.3, 0.4) is 0 Å². The Balaban J connectivity index is 1.60. The molecule has 0 bridgehead atoms. The Morgan fingerprint density at radius 2 is 2.00 bits per heavy atom. The number of amides is 1. The summed E-state index contributed by atoms with van der Waals surface area (Å²) in [6.07, 6.45) is 2.61. The predicted molar refractivity (Wildman–Crippen MR) is 113 cm³/mol. The van der Waals surface area contributed by atoms with Gasteiger partial charge in [0.2, 0.25) is 5.91 Å². The first-order valence-electron chi connectivity index (χ1n) is 9.37. The van der Waals surface area contributed by atoms with Crippen molar-refractivity contribution in [1.29, 1.82) is 0 Å². The van der Waals surface area contributed by atoms with Gasteiger partial charge in [0.1, 0.15) is 6.54 Å². The maximum absolute atomic E-state index is 12.7. The number of aromatic nitrogens is 3. The Labute approximate surface area is 168 Å².